The minimum absolute atomic E-state index is 0.0381. The second-order valence-electron chi connectivity index (χ2n) is 6.67. The van der Waals surface area contributed by atoms with E-state index in [0.29, 0.717) is 12.2 Å². The summed E-state index contributed by atoms with van der Waals surface area (Å²) >= 11 is 0. The van der Waals surface area contributed by atoms with Gasteiger partial charge in [0.15, 0.2) is 0 Å². The van der Waals surface area contributed by atoms with Gasteiger partial charge in [-0.3, -0.25) is 4.79 Å². The van der Waals surface area contributed by atoms with E-state index < -0.39 is 10.0 Å². The number of nitrogens with two attached hydrogens (primary N) is 1. The van der Waals surface area contributed by atoms with Crippen LogP contribution in [0.15, 0.2) is 17.2 Å². The normalized spacial score (nSPS) is 12.7. The summed E-state index contributed by atoms with van der Waals surface area (Å²) in [6.45, 7) is 10.6. The summed E-state index contributed by atoms with van der Waals surface area (Å²) < 4.78 is 24.5. The topological polar surface area (TPSA) is 94.2 Å². The van der Waals surface area contributed by atoms with E-state index in [-0.39, 0.29) is 22.3 Å². The number of hydrogen-bond donors (Lipinski definition) is 2. The molecule has 0 aromatic carbocycles. The van der Waals surface area contributed by atoms with Crippen molar-refractivity contribution in [3.63, 3.8) is 0 Å². The Balaban J connectivity index is 2.95. The van der Waals surface area contributed by atoms with E-state index in [0.717, 1.165) is 6.42 Å². The van der Waals surface area contributed by atoms with Gasteiger partial charge in [0, 0.05) is 18.8 Å². The zero-order chi connectivity index (χ0) is 16.4. The van der Waals surface area contributed by atoms with Crippen LogP contribution in [0.25, 0.3) is 0 Å². The molecule has 0 unspecified atom stereocenters. The third-order valence-corrected chi connectivity index (χ3v) is 3.98. The first-order valence-electron chi connectivity index (χ1n) is 6.95. The zero-order valence-corrected chi connectivity index (χ0v) is 14.1. The van der Waals surface area contributed by atoms with Gasteiger partial charge in [0.05, 0.1) is 0 Å². The lowest BCUT2D eigenvalue weighted by Crippen LogP contribution is -2.29. The lowest BCUT2D eigenvalue weighted by Gasteiger charge is -2.18. The van der Waals surface area contributed by atoms with Gasteiger partial charge in [-0.1, -0.05) is 20.8 Å². The van der Waals surface area contributed by atoms with Crippen molar-refractivity contribution in [2.45, 2.75) is 52.0 Å². The van der Waals surface area contributed by atoms with Gasteiger partial charge in [-0.15, -0.1) is 0 Å². The second-order valence-corrected chi connectivity index (χ2v) is 8.24. The number of carbonyl (C=O) groups is 1. The highest BCUT2D eigenvalue weighted by Gasteiger charge is 2.20. The second kappa shape index (κ2) is 6.19. The molecular weight excluding hydrogens is 290 g/mol. The molecule has 0 aliphatic carbocycles. The summed E-state index contributed by atoms with van der Waals surface area (Å²) in [6, 6.07) is 1.28. The summed E-state index contributed by atoms with van der Waals surface area (Å²) in [7, 11) is -3.82. The molecular formula is C14H25N3O3S. The van der Waals surface area contributed by atoms with Gasteiger partial charge in [-0.25, -0.2) is 13.6 Å². The van der Waals surface area contributed by atoms with Crippen LogP contribution in [0.2, 0.25) is 0 Å². The number of nitrogens with zero attached hydrogens (tertiary/aromatic N) is 1. The fraction of sp³-hybridized carbons (Fsp3) is 0.643. The summed E-state index contributed by atoms with van der Waals surface area (Å²) in [4.78, 5) is 12.2. The van der Waals surface area contributed by atoms with Gasteiger partial charge in [0.2, 0.25) is 10.0 Å². The van der Waals surface area contributed by atoms with E-state index in [9.17, 15) is 13.2 Å². The zero-order valence-electron chi connectivity index (χ0n) is 13.3. The van der Waals surface area contributed by atoms with Gasteiger partial charge in [0.25, 0.3) is 5.91 Å². The molecule has 0 saturated heterocycles. The molecule has 0 aliphatic heterocycles. The van der Waals surface area contributed by atoms with E-state index in [2.05, 4.69) is 26.1 Å². The molecule has 0 saturated carbocycles. The number of amides is 1. The fourth-order valence-corrected chi connectivity index (χ4v) is 2.40. The van der Waals surface area contributed by atoms with Gasteiger partial charge in [-0.2, -0.15) is 0 Å². The van der Waals surface area contributed by atoms with Gasteiger partial charge >= 0.3 is 0 Å². The monoisotopic (exact) mass is 315 g/mol. The first-order chi connectivity index (χ1) is 9.42. The molecule has 6 nitrogen and oxygen atoms in total. The number of hydrogen-bond acceptors (Lipinski definition) is 3. The van der Waals surface area contributed by atoms with Crippen LogP contribution in [0.4, 0.5) is 0 Å². The van der Waals surface area contributed by atoms with Crippen molar-refractivity contribution in [2.24, 2.45) is 10.6 Å². The SMILES string of the molecule is CC(C)n1cc(S(N)(=O)=O)cc1C(=O)NCCC(C)(C)C. The van der Waals surface area contributed by atoms with Crippen molar-refractivity contribution in [3.8, 4) is 0 Å². The van der Waals surface area contributed by atoms with Gasteiger partial charge in [-0.05, 0) is 31.7 Å². The summed E-state index contributed by atoms with van der Waals surface area (Å²) in [5, 5.41) is 7.94. The maximum atomic E-state index is 12.2. The number of carbonyl (C=O) groups excluding carboxylic acids is 1. The predicted octanol–water partition coefficient (Wildman–Crippen LogP) is 1.88. The van der Waals surface area contributed by atoms with Gasteiger partial charge < -0.3 is 9.88 Å². The Morgan fingerprint density at radius 2 is 1.95 bits per heavy atom. The van der Waals surface area contributed by atoms with Crippen molar-refractivity contribution < 1.29 is 13.2 Å². The molecule has 0 radical (unpaired) electrons. The van der Waals surface area contributed by atoms with Crippen LogP contribution in [-0.4, -0.2) is 25.4 Å². The molecule has 1 rings (SSSR count). The minimum Gasteiger partial charge on any atom is -0.351 e. The molecule has 1 aromatic heterocycles. The smallest absolute Gasteiger partial charge is 0.267 e. The number of primary sulfonamides is 1. The molecule has 3 N–H and O–H groups in total. The molecule has 7 heteroatoms. The van der Waals surface area contributed by atoms with E-state index in [4.69, 9.17) is 5.14 Å². The molecule has 0 aliphatic rings. The standard InChI is InChI=1S/C14H25N3O3S/c1-10(2)17-9-11(21(15,19)20)8-12(17)13(18)16-7-6-14(3,4)5/h8-10H,6-7H2,1-5H3,(H,16,18)(H2,15,19,20). The Kier molecular flexibility index (Phi) is 5.22. The van der Waals surface area contributed by atoms with Crippen LogP contribution in [0.5, 0.6) is 0 Å². The molecule has 0 bridgehead atoms. The Morgan fingerprint density at radius 3 is 2.38 bits per heavy atom. The fourth-order valence-electron chi connectivity index (χ4n) is 1.86. The number of nitrogens with one attached hydrogen (secondary N) is 1. The molecule has 0 fully saturated rings. The van der Waals surface area contributed by atoms with E-state index in [1.54, 1.807) is 4.57 Å². The lowest BCUT2D eigenvalue weighted by molar-refractivity contribution is 0.0938. The van der Waals surface area contributed by atoms with Gasteiger partial charge in [0.1, 0.15) is 10.6 Å². The molecule has 0 spiro atoms. The van der Waals surface area contributed by atoms with Crippen LogP contribution in [0, 0.1) is 5.41 Å². The van der Waals surface area contributed by atoms with Crippen molar-refractivity contribution in [2.75, 3.05) is 6.54 Å². The van der Waals surface area contributed by atoms with Crippen molar-refractivity contribution in [1.29, 1.82) is 0 Å². The summed E-state index contributed by atoms with van der Waals surface area (Å²) in [5.74, 6) is -0.289. The third kappa shape index (κ3) is 5.17. The summed E-state index contributed by atoms with van der Waals surface area (Å²) in [6.07, 6.45) is 2.24. The number of aromatic nitrogens is 1. The van der Waals surface area contributed by atoms with E-state index in [1.165, 1.54) is 12.3 Å². The molecule has 1 heterocycles. The Bertz CT molecular complexity index is 610. The van der Waals surface area contributed by atoms with Crippen LogP contribution in [-0.2, 0) is 10.0 Å². The van der Waals surface area contributed by atoms with E-state index in [1.807, 2.05) is 13.8 Å². The number of sulfonamides is 1. The highest BCUT2D eigenvalue weighted by atomic mass is 32.2. The minimum atomic E-state index is -3.82. The van der Waals surface area contributed by atoms with Crippen LogP contribution in [0.1, 0.15) is 57.6 Å². The lowest BCUT2D eigenvalue weighted by atomic mass is 9.92. The average Bonchev–Trinajstić information content (AvgIpc) is 2.71. The highest BCUT2D eigenvalue weighted by molar-refractivity contribution is 7.89. The van der Waals surface area contributed by atoms with Crippen LogP contribution < -0.4 is 10.5 Å². The molecule has 1 aromatic rings. The third-order valence-electron chi connectivity index (χ3n) is 3.10. The van der Waals surface area contributed by atoms with Crippen LogP contribution in [0.3, 0.4) is 0 Å². The molecule has 21 heavy (non-hydrogen) atoms. The van der Waals surface area contributed by atoms with Crippen molar-refractivity contribution >= 4 is 15.9 Å². The Morgan fingerprint density at radius 1 is 1.38 bits per heavy atom. The Labute approximate surface area is 126 Å². The maximum absolute atomic E-state index is 12.2. The number of rotatable bonds is 5. The molecule has 120 valence electrons. The first kappa shape index (κ1) is 17.7. The van der Waals surface area contributed by atoms with Crippen molar-refractivity contribution in [1.82, 2.24) is 9.88 Å². The van der Waals surface area contributed by atoms with Crippen molar-refractivity contribution in [3.05, 3.63) is 18.0 Å². The average molecular weight is 315 g/mol. The quantitative estimate of drug-likeness (QED) is 0.868. The largest absolute Gasteiger partial charge is 0.351 e. The molecule has 0 atom stereocenters. The predicted molar refractivity (Wildman–Crippen MR) is 82.6 cm³/mol. The Hall–Kier alpha value is -1.34. The first-order valence-corrected chi connectivity index (χ1v) is 8.49. The molecule has 1 amide bonds. The highest BCUT2D eigenvalue weighted by Crippen LogP contribution is 2.19. The summed E-state index contributed by atoms with van der Waals surface area (Å²) in [5.41, 5.74) is 0.432. The van der Waals surface area contributed by atoms with E-state index >= 15 is 0 Å². The maximum Gasteiger partial charge on any atom is 0.267 e. The van der Waals surface area contributed by atoms with Crippen LogP contribution >= 0.6 is 0 Å².